The normalized spacial score (nSPS) is 19.8. The Bertz CT molecular complexity index is 6820. The standard InChI is InChI=1S/C51H61ClN8O7S2.C50H59ClN8O7S2/c1-5-55-68(4)24-22-57(23-25-68)17-14-35-26-44-46(60(62)63)29-42(30-47(44)66-34-35)69(64,65)56-50(61)43-11-10-40(28-48(43)67-41-27-37-13-16-53-49(37)54-32-41)59-20-18-58(19-21-59)33-38-12-15-51(2,3)31-45(38)36-6-8-39(52)9-7-36;1-50(2)14-11-37(44(30-50)35-5-7-38(51)8-6-35)32-57-17-19-58(20-18-57)39-9-10-42(47(27-39)66-40-26-36-12-15-53-48(36)54-31-40)49(60)55-68(63,64)41-28-45(59(61)62)43-25-34(33-65-46(43)29-41)13-16-56-21-23-67(4,52-3)24-22-56/h6-11,13,16,27-30,32,35H,4-5,12,14-15,17-26,31,33-34H2,1-3H3,(H,53,54)(H,56,61);5-10,12,15,26-29,31,34H,4,11,13-14,16-25,30,32-33H2,1-3H3,(H,53,54)(H,55,60)/t35-;34-/m00/s1. The maximum absolute atomic E-state index is 14.1. The van der Waals surface area contributed by atoms with Gasteiger partial charge in [0.05, 0.1) is 67.5 Å². The Morgan fingerprint density at radius 3 is 1.34 bits per heavy atom. The molecule has 0 bridgehead atoms. The minimum Gasteiger partial charge on any atom is -0.493 e. The van der Waals surface area contributed by atoms with Gasteiger partial charge in [-0.1, -0.05) is 98.0 Å². The SMILES string of the molecule is C=S1(=NC)CCN(CC[C@@H]2COc3cc(S(=O)(=O)NC(=O)c4ccc(N5CCN(CC6=C(c7ccc(Cl)cc7)CC(C)(C)CC6)CC5)cc4Oc4cnc5[nH]ccc5c4)cc([N+](=O)[O-])c3C2)CC1.C=S1(=NCC)CCN(CC[C@@H]2COc3cc(S(=O)(=O)NC(=O)c4ccc(N5CCN(CC6=C(c7ccc(Cl)cc7)CC(C)(C)CC6)CC5)cc4Oc4cnc5[nH]ccc5c4)cc([N+](=O)[O-])c3C2)CC1. The number of nitrogens with one attached hydrogen (secondary N) is 4. The molecule has 10 heterocycles. The number of sulfonamides is 2. The number of nitrogens with zero attached hydrogens (tertiary/aromatic N) is 12. The summed E-state index contributed by atoms with van der Waals surface area (Å²) in [6, 6.07) is 38.4. The summed E-state index contributed by atoms with van der Waals surface area (Å²) in [5, 5.41) is 28.0. The van der Waals surface area contributed by atoms with Crippen LogP contribution in [0.25, 0.3) is 33.2 Å². The second kappa shape index (κ2) is 41.2. The van der Waals surface area contributed by atoms with Crippen molar-refractivity contribution in [1.29, 1.82) is 0 Å². The molecule has 2 atom stereocenters. The number of nitro groups is 2. The van der Waals surface area contributed by atoms with Crippen LogP contribution in [0.3, 0.4) is 0 Å². The molecule has 6 aliphatic heterocycles. The molecule has 2 amide bonds. The van der Waals surface area contributed by atoms with Crippen molar-refractivity contribution in [3.63, 3.8) is 0 Å². The van der Waals surface area contributed by atoms with Crippen molar-refractivity contribution in [2.75, 3.05) is 164 Å². The number of rotatable bonds is 27. The van der Waals surface area contributed by atoms with Crippen LogP contribution >= 0.6 is 23.2 Å². The molecule has 30 nitrogen and oxygen atoms in total. The Hall–Kier alpha value is -10.9. The number of anilines is 2. The number of carbonyl (C=O) groups is 2. The lowest BCUT2D eigenvalue weighted by atomic mass is 9.72. The van der Waals surface area contributed by atoms with Crippen molar-refractivity contribution < 1.29 is 55.2 Å². The summed E-state index contributed by atoms with van der Waals surface area (Å²) >= 11 is 12.5. The molecular formula is C101H120Cl2N16O14S4. The minimum absolute atomic E-state index is 0.0110. The molecule has 137 heavy (non-hydrogen) atoms. The topological polar surface area (TPSA) is 351 Å². The van der Waals surface area contributed by atoms with Gasteiger partial charge in [0.1, 0.15) is 45.8 Å². The first-order valence-electron chi connectivity index (χ1n) is 47.0. The lowest BCUT2D eigenvalue weighted by Crippen LogP contribution is -2.47. The van der Waals surface area contributed by atoms with Crippen LogP contribution in [0.5, 0.6) is 34.5 Å². The number of carbonyl (C=O) groups excluding carboxylic acids is 2. The second-order valence-electron chi connectivity index (χ2n) is 38.8. The van der Waals surface area contributed by atoms with Gasteiger partial charge in [-0.15, -0.1) is 18.8 Å². The van der Waals surface area contributed by atoms with Gasteiger partial charge in [0.2, 0.25) is 0 Å². The van der Waals surface area contributed by atoms with E-state index in [0.29, 0.717) is 46.8 Å². The summed E-state index contributed by atoms with van der Waals surface area (Å²) in [6.45, 7) is 26.0. The van der Waals surface area contributed by atoms with Crippen LogP contribution in [0, 0.1) is 42.9 Å². The van der Waals surface area contributed by atoms with Crippen molar-refractivity contribution in [1.82, 2.24) is 49.0 Å². The van der Waals surface area contributed by atoms with Crippen LogP contribution < -0.4 is 38.2 Å². The van der Waals surface area contributed by atoms with Gasteiger partial charge in [-0.25, -0.2) is 36.2 Å². The first-order valence-corrected chi connectivity index (χ1v) is 54.9. The van der Waals surface area contributed by atoms with Crippen molar-refractivity contribution in [3.8, 4) is 34.5 Å². The number of amides is 2. The fourth-order valence-electron chi connectivity index (χ4n) is 19.8. The fourth-order valence-corrected chi connectivity index (χ4v) is 26.0. The number of allylic oxidation sites excluding steroid dienone is 2. The van der Waals surface area contributed by atoms with Gasteiger partial charge >= 0.3 is 0 Å². The van der Waals surface area contributed by atoms with Crippen molar-refractivity contribution in [2.24, 2.45) is 31.4 Å². The second-order valence-corrected chi connectivity index (χ2v) is 49.3. The molecule has 4 N–H and O–H groups in total. The van der Waals surface area contributed by atoms with Crippen molar-refractivity contribution in [2.45, 2.75) is 109 Å². The summed E-state index contributed by atoms with van der Waals surface area (Å²) in [4.78, 5) is 80.4. The zero-order chi connectivity index (χ0) is 96.3. The lowest BCUT2D eigenvalue weighted by molar-refractivity contribution is -0.386. The summed E-state index contributed by atoms with van der Waals surface area (Å²) in [5.41, 5.74) is 11.5. The van der Waals surface area contributed by atoms with Gasteiger partial charge in [-0.3, -0.25) is 48.3 Å². The lowest BCUT2D eigenvalue weighted by Gasteiger charge is -2.39. The van der Waals surface area contributed by atoms with Gasteiger partial charge in [-0.05, 0) is 202 Å². The average Bonchev–Trinajstić information content (AvgIpc) is 0.835. The first-order chi connectivity index (χ1) is 65.6. The van der Waals surface area contributed by atoms with E-state index in [9.17, 15) is 46.7 Å². The molecule has 6 aromatic carbocycles. The summed E-state index contributed by atoms with van der Waals surface area (Å²) in [5.74, 6) is 11.9. The van der Waals surface area contributed by atoms with E-state index in [1.54, 1.807) is 60.9 Å². The van der Waals surface area contributed by atoms with Crippen LogP contribution in [0.1, 0.15) is 129 Å². The number of piperazine rings is 2. The number of aromatic amines is 2. The molecular weight excluding hydrogens is 1860 g/mol. The number of benzene rings is 6. The zero-order valence-corrected chi connectivity index (χ0v) is 83.2. The number of pyridine rings is 2. The molecule has 0 spiro atoms. The van der Waals surface area contributed by atoms with Crippen LogP contribution in [-0.2, 0) is 51.7 Å². The highest BCUT2D eigenvalue weighted by Crippen LogP contribution is 2.48. The highest BCUT2D eigenvalue weighted by molar-refractivity contribution is 8.02. The van der Waals surface area contributed by atoms with Gasteiger partial charge in [-0.2, -0.15) is 0 Å². The molecule has 8 aliphatic rings. The number of halogens is 2. The number of hydrogen-bond donors (Lipinski definition) is 4. The highest BCUT2D eigenvalue weighted by atomic mass is 35.5. The summed E-state index contributed by atoms with van der Waals surface area (Å²) in [7, 11) is -9.74. The number of nitro benzene ring substituents is 2. The Morgan fingerprint density at radius 1 is 0.547 bits per heavy atom. The van der Waals surface area contributed by atoms with Crippen LogP contribution in [-0.4, -0.2) is 244 Å². The largest absolute Gasteiger partial charge is 0.493 e. The molecule has 726 valence electrons. The van der Waals surface area contributed by atoms with E-state index in [2.05, 4.69) is 134 Å². The number of H-pyrrole nitrogens is 2. The fraction of sp³-hybridized carbons (Fsp3) is 0.426. The number of hydrogen-bond acceptors (Lipinski definition) is 24. The predicted octanol–water partition coefficient (Wildman–Crippen LogP) is 17.3. The molecule has 36 heteroatoms. The van der Waals surface area contributed by atoms with Crippen LogP contribution in [0.15, 0.2) is 188 Å². The van der Waals surface area contributed by atoms with Gasteiger partial charge in [0, 0.05) is 209 Å². The average molecular weight is 1980 g/mol. The third-order valence-electron chi connectivity index (χ3n) is 28.1. The van der Waals surface area contributed by atoms with E-state index in [-0.39, 0.29) is 81.4 Å². The summed E-state index contributed by atoms with van der Waals surface area (Å²) < 4.78 is 94.5. The Kier molecular flexibility index (Phi) is 29.4. The van der Waals surface area contributed by atoms with E-state index >= 15 is 0 Å². The first kappa shape index (κ1) is 97.7. The maximum Gasteiger partial charge on any atom is 0.277 e. The van der Waals surface area contributed by atoms with Gasteiger partial charge in [0.25, 0.3) is 43.2 Å². The van der Waals surface area contributed by atoms with Gasteiger partial charge < -0.3 is 48.5 Å². The predicted molar refractivity (Wildman–Crippen MR) is 547 cm³/mol. The maximum atomic E-state index is 14.1. The van der Waals surface area contributed by atoms with E-state index in [1.807, 2.05) is 43.4 Å². The van der Waals surface area contributed by atoms with E-state index in [1.165, 1.54) is 57.9 Å². The molecule has 2 aliphatic carbocycles. The zero-order valence-electron chi connectivity index (χ0n) is 78.4. The van der Waals surface area contributed by atoms with Gasteiger partial charge in [0.15, 0.2) is 0 Å². The summed E-state index contributed by atoms with van der Waals surface area (Å²) in [6.07, 6.45) is 15.2. The third kappa shape index (κ3) is 23.5. The molecule has 18 rings (SSSR count). The molecule has 4 aromatic heterocycles. The minimum atomic E-state index is -4.64. The molecule has 0 unspecified atom stereocenters. The van der Waals surface area contributed by atoms with E-state index in [4.69, 9.17) is 46.5 Å². The Balaban J connectivity index is 0.000000190. The number of ether oxygens (including phenoxy) is 4. The third-order valence-corrected chi connectivity index (χ3v) is 36.5. The smallest absolute Gasteiger partial charge is 0.277 e. The number of fused-ring (bicyclic) bond motifs is 4. The quantitative estimate of drug-likeness (QED) is 0.0211. The van der Waals surface area contributed by atoms with Crippen molar-refractivity contribution in [3.05, 3.63) is 233 Å². The van der Waals surface area contributed by atoms with Crippen LogP contribution in [0.2, 0.25) is 10.0 Å². The Morgan fingerprint density at radius 2 is 0.949 bits per heavy atom. The number of aromatic nitrogens is 4. The highest BCUT2D eigenvalue weighted by Gasteiger charge is 2.39. The Labute approximate surface area is 812 Å². The molecule has 4 fully saturated rings. The van der Waals surface area contributed by atoms with E-state index < -0.39 is 70.3 Å². The molecule has 4 saturated heterocycles. The molecule has 10 aromatic rings. The van der Waals surface area contributed by atoms with Crippen molar-refractivity contribution >= 4 is 142 Å². The molecule has 0 saturated carbocycles. The molecule has 0 radical (unpaired) electrons. The van der Waals surface area contributed by atoms with Crippen LogP contribution in [0.4, 0.5) is 22.7 Å². The van der Waals surface area contributed by atoms with E-state index in [0.717, 1.165) is 230 Å². The monoisotopic (exact) mass is 1980 g/mol.